The molecule has 0 amide bonds. The van der Waals surface area contributed by atoms with Crippen molar-refractivity contribution in [3.63, 3.8) is 0 Å². The minimum Gasteiger partial charge on any atom is -0.361 e. The third-order valence-corrected chi connectivity index (χ3v) is 1.97. The van der Waals surface area contributed by atoms with Crippen LogP contribution in [0.3, 0.4) is 0 Å². The Labute approximate surface area is 53.9 Å². The van der Waals surface area contributed by atoms with Crippen LogP contribution in [0.15, 0.2) is 16.8 Å². The molecular weight excluding hydrogens is 114 g/mol. The van der Waals surface area contributed by atoms with Crippen LogP contribution < -0.4 is 0 Å². The van der Waals surface area contributed by atoms with Crippen molar-refractivity contribution in [2.75, 3.05) is 0 Å². The Balaban J connectivity index is 2.14. The van der Waals surface area contributed by atoms with Crippen LogP contribution in [0.2, 0.25) is 0 Å². The zero-order valence-electron chi connectivity index (χ0n) is 5.21. The second-order valence-electron chi connectivity index (χ2n) is 2.54. The van der Waals surface area contributed by atoms with Gasteiger partial charge in [-0.15, -0.1) is 0 Å². The van der Waals surface area contributed by atoms with Gasteiger partial charge in [-0.2, -0.15) is 0 Å². The van der Waals surface area contributed by atoms with E-state index in [-0.39, 0.29) is 0 Å². The first-order valence-corrected chi connectivity index (χ1v) is 3.37. The molecule has 0 atom stereocenters. The summed E-state index contributed by atoms with van der Waals surface area (Å²) in [6.07, 6.45) is 5.64. The van der Waals surface area contributed by atoms with Crippen LogP contribution in [0.4, 0.5) is 0 Å². The second-order valence-corrected chi connectivity index (χ2v) is 2.54. The van der Waals surface area contributed by atoms with Crippen molar-refractivity contribution in [3.8, 4) is 0 Å². The number of rotatable bonds is 1. The highest BCUT2D eigenvalue weighted by Crippen LogP contribution is 2.35. The summed E-state index contributed by atoms with van der Waals surface area (Å²) in [5.41, 5.74) is 0. The van der Waals surface area contributed by atoms with E-state index in [9.17, 15) is 0 Å². The molecule has 2 nitrogen and oxygen atoms in total. The molecule has 0 unspecified atom stereocenters. The van der Waals surface area contributed by atoms with Crippen molar-refractivity contribution in [2.45, 2.75) is 25.2 Å². The maximum absolute atomic E-state index is 4.99. The number of nitrogens with zero attached hydrogens (tertiary/aromatic N) is 1. The van der Waals surface area contributed by atoms with Gasteiger partial charge in [0, 0.05) is 12.0 Å². The van der Waals surface area contributed by atoms with E-state index in [4.69, 9.17) is 4.52 Å². The summed E-state index contributed by atoms with van der Waals surface area (Å²) in [5.74, 6) is 1.76. The second kappa shape index (κ2) is 1.87. The van der Waals surface area contributed by atoms with Gasteiger partial charge in [-0.25, -0.2) is 0 Å². The molecule has 9 heavy (non-hydrogen) atoms. The Morgan fingerprint density at radius 2 is 2.44 bits per heavy atom. The molecule has 0 aromatic carbocycles. The number of hydrogen-bond donors (Lipinski definition) is 0. The fraction of sp³-hybridized carbons (Fsp3) is 0.571. The van der Waals surface area contributed by atoms with Crippen LogP contribution in [0.25, 0.3) is 0 Å². The van der Waals surface area contributed by atoms with Crippen LogP contribution in [0, 0.1) is 0 Å². The monoisotopic (exact) mass is 123 g/mol. The first-order chi connectivity index (χ1) is 4.47. The van der Waals surface area contributed by atoms with Crippen molar-refractivity contribution in [1.82, 2.24) is 5.16 Å². The first-order valence-electron chi connectivity index (χ1n) is 3.37. The van der Waals surface area contributed by atoms with Crippen LogP contribution in [-0.2, 0) is 0 Å². The maximum atomic E-state index is 4.99. The van der Waals surface area contributed by atoms with Gasteiger partial charge in [0.2, 0.25) is 0 Å². The molecule has 0 N–H and O–H groups in total. The molecule has 1 saturated carbocycles. The maximum Gasteiger partial charge on any atom is 0.139 e. The molecule has 0 saturated heterocycles. The Morgan fingerprint density at radius 1 is 1.56 bits per heavy atom. The molecule has 0 spiro atoms. The summed E-state index contributed by atoms with van der Waals surface area (Å²) in [5, 5.41) is 3.65. The van der Waals surface area contributed by atoms with E-state index in [1.807, 2.05) is 6.07 Å². The average Bonchev–Trinajstić information content (AvgIpc) is 2.11. The fourth-order valence-electron chi connectivity index (χ4n) is 1.13. The zero-order chi connectivity index (χ0) is 6.10. The lowest BCUT2D eigenvalue weighted by Crippen LogP contribution is -2.07. The third kappa shape index (κ3) is 0.745. The molecule has 0 radical (unpaired) electrons. The number of hydrogen-bond acceptors (Lipinski definition) is 2. The predicted molar refractivity (Wildman–Crippen MR) is 33.1 cm³/mol. The molecule has 1 heterocycles. The summed E-state index contributed by atoms with van der Waals surface area (Å²) >= 11 is 0. The predicted octanol–water partition coefficient (Wildman–Crippen LogP) is 1.94. The van der Waals surface area contributed by atoms with E-state index in [0.29, 0.717) is 5.92 Å². The molecule has 1 fully saturated rings. The molecule has 2 heteroatoms. The standard InChI is InChI=1S/C7H9NO/c1-2-6(3-1)7-4-5-8-9-7/h4-6H,1-3H2. The fourth-order valence-corrected chi connectivity index (χ4v) is 1.13. The van der Waals surface area contributed by atoms with Crippen molar-refractivity contribution < 1.29 is 4.52 Å². The van der Waals surface area contributed by atoms with Gasteiger partial charge < -0.3 is 4.52 Å². The molecular formula is C7H9NO. The van der Waals surface area contributed by atoms with Gasteiger partial charge in [0.25, 0.3) is 0 Å². The summed E-state index contributed by atoms with van der Waals surface area (Å²) in [6.45, 7) is 0. The smallest absolute Gasteiger partial charge is 0.139 e. The van der Waals surface area contributed by atoms with E-state index < -0.39 is 0 Å². The lowest BCUT2D eigenvalue weighted by Gasteiger charge is -2.21. The van der Waals surface area contributed by atoms with Gasteiger partial charge in [0.1, 0.15) is 5.76 Å². The van der Waals surface area contributed by atoms with Gasteiger partial charge in [0.15, 0.2) is 0 Å². The molecule has 1 aromatic rings. The minimum atomic E-state index is 0.687. The van der Waals surface area contributed by atoms with Gasteiger partial charge in [-0.05, 0) is 12.8 Å². The topological polar surface area (TPSA) is 26.0 Å². The van der Waals surface area contributed by atoms with Crippen LogP contribution in [0.5, 0.6) is 0 Å². The van der Waals surface area contributed by atoms with E-state index in [0.717, 1.165) is 5.76 Å². The highest BCUT2D eigenvalue weighted by molar-refractivity contribution is 5.04. The van der Waals surface area contributed by atoms with E-state index >= 15 is 0 Å². The van der Waals surface area contributed by atoms with Gasteiger partial charge >= 0.3 is 0 Å². The van der Waals surface area contributed by atoms with Crippen LogP contribution in [-0.4, -0.2) is 5.16 Å². The lowest BCUT2D eigenvalue weighted by atomic mass is 9.84. The largest absolute Gasteiger partial charge is 0.361 e. The van der Waals surface area contributed by atoms with E-state index in [1.54, 1.807) is 6.20 Å². The average molecular weight is 123 g/mol. The normalized spacial score (nSPS) is 19.6. The molecule has 1 aliphatic rings. The molecule has 2 rings (SSSR count). The Kier molecular flexibility index (Phi) is 1.04. The Morgan fingerprint density at radius 3 is 2.89 bits per heavy atom. The SMILES string of the molecule is c1cc(C2CCC2)on1. The Hall–Kier alpha value is -0.790. The summed E-state index contributed by atoms with van der Waals surface area (Å²) in [4.78, 5) is 0. The quantitative estimate of drug-likeness (QED) is 0.570. The van der Waals surface area contributed by atoms with E-state index in [2.05, 4.69) is 5.16 Å². The highest BCUT2D eigenvalue weighted by atomic mass is 16.5. The summed E-state index contributed by atoms with van der Waals surface area (Å²) in [6, 6.07) is 1.96. The zero-order valence-corrected chi connectivity index (χ0v) is 5.21. The molecule has 48 valence electrons. The molecule has 1 aromatic heterocycles. The molecule has 1 aliphatic carbocycles. The summed E-state index contributed by atoms with van der Waals surface area (Å²) < 4.78 is 4.99. The third-order valence-electron chi connectivity index (χ3n) is 1.97. The minimum absolute atomic E-state index is 0.687. The lowest BCUT2D eigenvalue weighted by molar-refractivity contribution is 0.300. The van der Waals surface area contributed by atoms with Crippen molar-refractivity contribution in [3.05, 3.63) is 18.0 Å². The van der Waals surface area contributed by atoms with Gasteiger partial charge in [0.05, 0.1) is 6.20 Å². The van der Waals surface area contributed by atoms with Crippen molar-refractivity contribution in [2.24, 2.45) is 0 Å². The molecule has 0 bridgehead atoms. The van der Waals surface area contributed by atoms with Gasteiger partial charge in [-0.3, -0.25) is 0 Å². The molecule has 0 aliphatic heterocycles. The van der Waals surface area contributed by atoms with Gasteiger partial charge in [-0.1, -0.05) is 11.6 Å². The van der Waals surface area contributed by atoms with Crippen molar-refractivity contribution >= 4 is 0 Å². The first kappa shape index (κ1) is 5.03. The van der Waals surface area contributed by atoms with E-state index in [1.165, 1.54) is 19.3 Å². The highest BCUT2D eigenvalue weighted by Gasteiger charge is 2.21. The van der Waals surface area contributed by atoms with Crippen LogP contribution in [0.1, 0.15) is 30.9 Å². The summed E-state index contributed by atoms with van der Waals surface area (Å²) in [7, 11) is 0. The number of aromatic nitrogens is 1. The Bertz CT molecular complexity index is 177. The van der Waals surface area contributed by atoms with Crippen LogP contribution >= 0.6 is 0 Å². The van der Waals surface area contributed by atoms with Crippen molar-refractivity contribution in [1.29, 1.82) is 0 Å².